The molecule has 9 N–H and O–H groups in total. The maximum atomic E-state index is 13.2. The summed E-state index contributed by atoms with van der Waals surface area (Å²) in [6, 6.07) is 10.7. The van der Waals surface area contributed by atoms with E-state index in [0.29, 0.717) is 11.3 Å². The Hall–Kier alpha value is -5.24. The Bertz CT molecular complexity index is 1450. The summed E-state index contributed by atoms with van der Waals surface area (Å²) < 4.78 is 0. The fraction of sp³-hybridized carbons (Fsp3) is 0.375. The molecule has 0 unspecified atom stereocenters. The SMILES string of the molecule is CC(C)C[C@H](NC(=O)[C@H](Cc1ccccc1)NC(=O)CNC(=O)[C@@H](Cc1cnc[nH]1)NC(=O)[C@@H](N)Cc1ccc(O)cc1)C(=O)O. The molecule has 0 aliphatic heterocycles. The van der Waals surface area contributed by atoms with E-state index in [1.807, 2.05) is 13.8 Å². The Balaban J connectivity index is 1.66. The number of benzene rings is 2. The third-order valence-electron chi connectivity index (χ3n) is 7.02. The van der Waals surface area contributed by atoms with Crippen LogP contribution in [-0.4, -0.2) is 80.5 Å². The van der Waals surface area contributed by atoms with Crippen molar-refractivity contribution in [1.82, 2.24) is 31.2 Å². The number of nitrogens with zero attached hydrogens (tertiary/aromatic N) is 1. The predicted molar refractivity (Wildman–Crippen MR) is 168 cm³/mol. The van der Waals surface area contributed by atoms with E-state index in [1.54, 1.807) is 42.5 Å². The van der Waals surface area contributed by atoms with Crippen molar-refractivity contribution in [3.05, 3.63) is 83.9 Å². The quantitative estimate of drug-likeness (QED) is 0.101. The molecule has 1 heterocycles. The highest BCUT2D eigenvalue weighted by Gasteiger charge is 2.29. The number of amides is 4. The molecule has 1 aromatic heterocycles. The average Bonchev–Trinajstić information content (AvgIpc) is 3.53. The summed E-state index contributed by atoms with van der Waals surface area (Å²) in [5.41, 5.74) is 8.08. The van der Waals surface area contributed by atoms with Gasteiger partial charge in [0.15, 0.2) is 0 Å². The van der Waals surface area contributed by atoms with E-state index in [1.165, 1.54) is 24.7 Å². The molecular formula is C32H41N7O7. The zero-order valence-corrected chi connectivity index (χ0v) is 25.7. The smallest absolute Gasteiger partial charge is 0.326 e. The van der Waals surface area contributed by atoms with Crippen LogP contribution in [0.3, 0.4) is 0 Å². The molecular weight excluding hydrogens is 594 g/mol. The number of nitrogens with two attached hydrogens (primary N) is 1. The summed E-state index contributed by atoms with van der Waals surface area (Å²) in [5.74, 6) is -3.78. The molecule has 14 heteroatoms. The van der Waals surface area contributed by atoms with Gasteiger partial charge in [-0.1, -0.05) is 56.3 Å². The van der Waals surface area contributed by atoms with Crippen molar-refractivity contribution in [2.24, 2.45) is 11.7 Å². The fourth-order valence-corrected chi connectivity index (χ4v) is 4.64. The molecule has 0 fully saturated rings. The molecule has 246 valence electrons. The predicted octanol–water partition coefficient (Wildman–Crippen LogP) is 0.172. The van der Waals surface area contributed by atoms with Gasteiger partial charge in [0, 0.05) is 24.7 Å². The van der Waals surface area contributed by atoms with Crippen LogP contribution in [0.2, 0.25) is 0 Å². The Morgan fingerprint density at radius 1 is 0.804 bits per heavy atom. The number of rotatable bonds is 17. The maximum Gasteiger partial charge on any atom is 0.326 e. The summed E-state index contributed by atoms with van der Waals surface area (Å²) in [6.45, 7) is 3.14. The molecule has 0 bridgehead atoms. The van der Waals surface area contributed by atoms with Crippen molar-refractivity contribution < 1.29 is 34.2 Å². The zero-order chi connectivity index (χ0) is 33.6. The number of carbonyl (C=O) groups excluding carboxylic acids is 4. The van der Waals surface area contributed by atoms with Gasteiger partial charge >= 0.3 is 5.97 Å². The average molecular weight is 636 g/mol. The molecule has 0 saturated heterocycles. The van der Waals surface area contributed by atoms with E-state index >= 15 is 0 Å². The Morgan fingerprint density at radius 2 is 1.43 bits per heavy atom. The van der Waals surface area contributed by atoms with Gasteiger partial charge in [-0.3, -0.25) is 19.2 Å². The Kier molecular flexibility index (Phi) is 13.3. The number of H-pyrrole nitrogens is 1. The van der Waals surface area contributed by atoms with Gasteiger partial charge in [0.25, 0.3) is 0 Å². The van der Waals surface area contributed by atoms with Crippen LogP contribution in [0.5, 0.6) is 5.75 Å². The molecule has 0 saturated carbocycles. The van der Waals surface area contributed by atoms with Gasteiger partial charge in [-0.2, -0.15) is 0 Å². The minimum Gasteiger partial charge on any atom is -0.508 e. The lowest BCUT2D eigenvalue weighted by Crippen LogP contribution is -2.56. The van der Waals surface area contributed by atoms with Gasteiger partial charge in [-0.25, -0.2) is 9.78 Å². The van der Waals surface area contributed by atoms with Crippen molar-refractivity contribution in [3.63, 3.8) is 0 Å². The number of aromatic amines is 1. The largest absolute Gasteiger partial charge is 0.508 e. The lowest BCUT2D eigenvalue weighted by Gasteiger charge is -2.23. The van der Waals surface area contributed by atoms with Crippen molar-refractivity contribution in [2.45, 2.75) is 63.7 Å². The third kappa shape index (κ3) is 11.7. The van der Waals surface area contributed by atoms with Crippen LogP contribution in [0, 0.1) is 5.92 Å². The zero-order valence-electron chi connectivity index (χ0n) is 25.7. The first-order valence-electron chi connectivity index (χ1n) is 14.9. The topological polar surface area (TPSA) is 229 Å². The number of carboxylic acid groups (broad SMARTS) is 1. The number of carbonyl (C=O) groups is 5. The van der Waals surface area contributed by atoms with Gasteiger partial charge in [0.2, 0.25) is 23.6 Å². The van der Waals surface area contributed by atoms with Crippen molar-refractivity contribution in [3.8, 4) is 5.75 Å². The van der Waals surface area contributed by atoms with Crippen LogP contribution in [0.4, 0.5) is 0 Å². The van der Waals surface area contributed by atoms with Gasteiger partial charge < -0.3 is 42.2 Å². The Labute approximate surface area is 266 Å². The number of aliphatic carboxylic acids is 1. The minimum absolute atomic E-state index is 0.00340. The van der Waals surface area contributed by atoms with E-state index in [2.05, 4.69) is 31.2 Å². The highest BCUT2D eigenvalue weighted by molar-refractivity contribution is 5.94. The van der Waals surface area contributed by atoms with Crippen molar-refractivity contribution >= 4 is 29.6 Å². The monoisotopic (exact) mass is 635 g/mol. The summed E-state index contributed by atoms with van der Waals surface area (Å²) in [5, 5.41) is 29.3. The highest BCUT2D eigenvalue weighted by atomic mass is 16.4. The second-order valence-electron chi connectivity index (χ2n) is 11.4. The summed E-state index contributed by atoms with van der Waals surface area (Å²) in [4.78, 5) is 70.9. The van der Waals surface area contributed by atoms with Gasteiger partial charge in [0.05, 0.1) is 18.9 Å². The van der Waals surface area contributed by atoms with E-state index < -0.39 is 60.3 Å². The second kappa shape index (κ2) is 17.3. The van der Waals surface area contributed by atoms with E-state index in [0.717, 1.165) is 5.56 Å². The van der Waals surface area contributed by atoms with Crippen LogP contribution >= 0.6 is 0 Å². The van der Waals surface area contributed by atoms with Gasteiger partial charge in [0.1, 0.15) is 23.9 Å². The summed E-state index contributed by atoms with van der Waals surface area (Å²) >= 11 is 0. The number of nitrogens with one attached hydrogen (secondary N) is 5. The lowest BCUT2D eigenvalue weighted by molar-refractivity contribution is -0.142. The van der Waals surface area contributed by atoms with Crippen molar-refractivity contribution in [1.29, 1.82) is 0 Å². The van der Waals surface area contributed by atoms with E-state index in [4.69, 9.17) is 5.73 Å². The Morgan fingerprint density at radius 3 is 2.04 bits per heavy atom. The molecule has 2 aromatic carbocycles. The second-order valence-corrected chi connectivity index (χ2v) is 11.4. The number of aromatic hydroxyl groups is 1. The maximum absolute atomic E-state index is 13.2. The van der Waals surface area contributed by atoms with E-state index in [9.17, 15) is 34.2 Å². The van der Waals surface area contributed by atoms with E-state index in [-0.39, 0.29) is 37.4 Å². The molecule has 0 spiro atoms. The number of aromatic nitrogens is 2. The standard InChI is InChI=1S/C32H41N7O7/c1-19(2)12-27(32(45)46)39-31(44)25(14-20-6-4-3-5-7-20)37-28(41)17-35-30(43)26(15-22-16-34-18-36-22)38-29(42)24(33)13-21-8-10-23(40)11-9-21/h3-11,16,18-19,24-27,40H,12-15,17,33H2,1-2H3,(H,34,36)(H,35,43)(H,37,41)(H,38,42)(H,39,44)(H,45,46)/t24-,25-,26+,27-/m0/s1. The number of phenols is 1. The number of carboxylic acids is 1. The summed E-state index contributed by atoms with van der Waals surface area (Å²) in [7, 11) is 0. The third-order valence-corrected chi connectivity index (χ3v) is 7.02. The number of hydrogen-bond acceptors (Lipinski definition) is 8. The number of hydrogen-bond donors (Lipinski definition) is 8. The first kappa shape index (κ1) is 35.2. The normalized spacial score (nSPS) is 13.6. The first-order chi connectivity index (χ1) is 21.9. The molecule has 3 aromatic rings. The lowest BCUT2D eigenvalue weighted by atomic mass is 10.0. The van der Waals surface area contributed by atoms with Crippen molar-refractivity contribution in [2.75, 3.05) is 6.54 Å². The van der Waals surface area contributed by atoms with Crippen LogP contribution < -0.4 is 27.0 Å². The fourth-order valence-electron chi connectivity index (χ4n) is 4.64. The number of phenolic OH excluding ortho intramolecular Hbond substituents is 1. The molecule has 4 amide bonds. The summed E-state index contributed by atoms with van der Waals surface area (Å²) in [6.07, 6.45) is 3.37. The molecule has 4 atom stereocenters. The number of imidazole rings is 1. The van der Waals surface area contributed by atoms with Crippen LogP contribution in [-0.2, 0) is 43.2 Å². The molecule has 0 radical (unpaired) electrons. The van der Waals surface area contributed by atoms with Crippen LogP contribution in [0.1, 0.15) is 37.1 Å². The molecule has 14 nitrogen and oxygen atoms in total. The molecule has 0 aliphatic carbocycles. The van der Waals surface area contributed by atoms with Gasteiger partial charge in [-0.05, 0) is 42.0 Å². The highest BCUT2D eigenvalue weighted by Crippen LogP contribution is 2.11. The van der Waals surface area contributed by atoms with Crippen LogP contribution in [0.15, 0.2) is 67.1 Å². The molecule has 0 aliphatic rings. The molecule has 3 rings (SSSR count). The van der Waals surface area contributed by atoms with Crippen LogP contribution in [0.25, 0.3) is 0 Å². The molecule has 46 heavy (non-hydrogen) atoms. The minimum atomic E-state index is -1.19. The van der Waals surface area contributed by atoms with Gasteiger partial charge in [-0.15, -0.1) is 0 Å². The first-order valence-corrected chi connectivity index (χ1v) is 14.9.